The Morgan fingerprint density at radius 2 is 2.40 bits per heavy atom. The van der Waals surface area contributed by atoms with E-state index in [-0.39, 0.29) is 5.92 Å². The summed E-state index contributed by atoms with van der Waals surface area (Å²) in [5.74, 6) is -1.67. The molecule has 0 amide bonds. The number of thiol groups is 1. The monoisotopic (exact) mass is 197 g/mol. The highest BCUT2D eigenvalue weighted by molar-refractivity contribution is 8.56. The standard InChI is InChI=1S/C5H9O2PS2/c1-4(5(6)7)2-3-8(9)10/h4H,2-3H2,1H3,(H-,6,7,9,10)/p+1. The van der Waals surface area contributed by atoms with Crippen LogP contribution in [0.1, 0.15) is 13.3 Å². The predicted octanol–water partition coefficient (Wildman–Crippen LogP) is 1.89. The Labute approximate surface area is 71.6 Å². The molecule has 0 aliphatic carbocycles. The molecule has 1 N–H and O–H groups in total. The van der Waals surface area contributed by atoms with Crippen LogP contribution in [0.15, 0.2) is 0 Å². The molecular formula is C5H10O2PS2+. The maximum atomic E-state index is 10.3. The predicted molar refractivity (Wildman–Crippen MR) is 49.6 cm³/mol. The Kier molecular flexibility index (Phi) is 5.22. The van der Waals surface area contributed by atoms with Gasteiger partial charge in [-0.1, -0.05) is 6.92 Å². The van der Waals surface area contributed by atoms with E-state index in [1.807, 2.05) is 0 Å². The minimum atomic E-state index is -0.750. The number of carboxylic acid groups (broad SMARTS) is 1. The summed E-state index contributed by atoms with van der Waals surface area (Å²) in [6, 6.07) is 0. The van der Waals surface area contributed by atoms with Gasteiger partial charge in [0, 0.05) is 6.42 Å². The van der Waals surface area contributed by atoms with Crippen molar-refractivity contribution in [1.82, 2.24) is 0 Å². The third kappa shape index (κ3) is 5.15. The zero-order valence-electron chi connectivity index (χ0n) is 5.65. The first-order valence-corrected chi connectivity index (χ1v) is 6.59. The first-order chi connectivity index (χ1) is 4.54. The lowest BCUT2D eigenvalue weighted by atomic mass is 10.1. The molecule has 2 atom stereocenters. The number of hydrogen-bond acceptors (Lipinski definition) is 2. The molecule has 2 nitrogen and oxygen atoms in total. The van der Waals surface area contributed by atoms with Gasteiger partial charge >= 0.3 is 5.97 Å². The second-order valence-corrected chi connectivity index (χ2v) is 6.84. The van der Waals surface area contributed by atoms with E-state index >= 15 is 0 Å². The molecule has 0 aromatic heterocycles. The first-order valence-electron chi connectivity index (χ1n) is 2.90. The average Bonchev–Trinajstić information content (AvgIpc) is 1.82. The fourth-order valence-corrected chi connectivity index (χ4v) is 1.70. The van der Waals surface area contributed by atoms with Gasteiger partial charge in [-0.3, -0.25) is 4.79 Å². The highest BCUT2D eigenvalue weighted by Crippen LogP contribution is 2.28. The fourth-order valence-electron chi connectivity index (χ4n) is 0.428. The van der Waals surface area contributed by atoms with Crippen molar-refractivity contribution < 1.29 is 9.90 Å². The summed E-state index contributed by atoms with van der Waals surface area (Å²) >= 11 is 8.85. The second kappa shape index (κ2) is 5.05. The Balaban J connectivity index is 3.49. The van der Waals surface area contributed by atoms with Gasteiger partial charge in [-0.05, 0) is 0 Å². The molecule has 0 aromatic carbocycles. The summed E-state index contributed by atoms with van der Waals surface area (Å²) in [6.45, 7) is 1.68. The van der Waals surface area contributed by atoms with Crippen LogP contribution in [-0.2, 0) is 16.6 Å². The van der Waals surface area contributed by atoms with Crippen molar-refractivity contribution >= 4 is 35.9 Å². The number of carboxylic acids is 1. The molecule has 58 valence electrons. The molecule has 0 heterocycles. The molecule has 10 heavy (non-hydrogen) atoms. The van der Waals surface area contributed by atoms with Crippen molar-refractivity contribution in [2.45, 2.75) is 13.3 Å². The molecule has 2 unspecified atom stereocenters. The molecule has 0 aliphatic rings. The van der Waals surface area contributed by atoms with Crippen molar-refractivity contribution in [3.63, 3.8) is 0 Å². The minimum Gasteiger partial charge on any atom is -0.481 e. The van der Waals surface area contributed by atoms with Crippen LogP contribution in [0.5, 0.6) is 0 Å². The lowest BCUT2D eigenvalue weighted by molar-refractivity contribution is -0.141. The molecule has 0 aromatic rings. The van der Waals surface area contributed by atoms with Crippen LogP contribution in [0.4, 0.5) is 0 Å². The zero-order valence-corrected chi connectivity index (χ0v) is 8.26. The van der Waals surface area contributed by atoms with E-state index in [4.69, 9.17) is 16.9 Å². The molecule has 0 aliphatic heterocycles. The third-order valence-electron chi connectivity index (χ3n) is 1.17. The van der Waals surface area contributed by atoms with E-state index in [2.05, 4.69) is 12.2 Å². The zero-order chi connectivity index (χ0) is 8.15. The van der Waals surface area contributed by atoms with Crippen molar-refractivity contribution in [1.29, 1.82) is 0 Å². The number of carbonyl (C=O) groups is 1. The molecule has 0 fully saturated rings. The molecule has 0 saturated heterocycles. The summed E-state index contributed by atoms with van der Waals surface area (Å²) in [4.78, 5) is 10.3. The van der Waals surface area contributed by atoms with Crippen LogP contribution in [0, 0.1) is 5.92 Å². The van der Waals surface area contributed by atoms with Gasteiger partial charge in [0.25, 0.3) is 0 Å². The van der Waals surface area contributed by atoms with E-state index in [0.717, 1.165) is 6.16 Å². The van der Waals surface area contributed by atoms with E-state index < -0.39 is 11.9 Å². The van der Waals surface area contributed by atoms with Gasteiger partial charge in [0.15, 0.2) is 11.8 Å². The van der Waals surface area contributed by atoms with Crippen LogP contribution >= 0.6 is 18.1 Å². The summed E-state index contributed by atoms with van der Waals surface area (Å²) < 4.78 is 0. The van der Waals surface area contributed by atoms with Gasteiger partial charge in [0.2, 0.25) is 5.90 Å². The molecule has 0 rings (SSSR count). The van der Waals surface area contributed by atoms with Crippen LogP contribution in [0.3, 0.4) is 0 Å². The van der Waals surface area contributed by atoms with E-state index in [1.54, 1.807) is 6.92 Å². The van der Waals surface area contributed by atoms with Gasteiger partial charge in [0.05, 0.1) is 18.2 Å². The summed E-state index contributed by atoms with van der Waals surface area (Å²) in [5, 5.41) is 8.44. The summed E-state index contributed by atoms with van der Waals surface area (Å²) in [6.07, 6.45) is 1.40. The molecule has 0 bridgehead atoms. The topological polar surface area (TPSA) is 37.3 Å². The smallest absolute Gasteiger partial charge is 0.306 e. The summed E-state index contributed by atoms with van der Waals surface area (Å²) in [7, 11) is 0. The lowest BCUT2D eigenvalue weighted by Crippen LogP contribution is -2.09. The highest BCUT2D eigenvalue weighted by atomic mass is 32.9. The van der Waals surface area contributed by atoms with Crippen LogP contribution in [0.2, 0.25) is 0 Å². The normalized spacial score (nSPS) is 14.4. The van der Waals surface area contributed by atoms with Gasteiger partial charge in [-0.2, -0.15) is 0 Å². The Morgan fingerprint density at radius 1 is 1.90 bits per heavy atom. The van der Waals surface area contributed by atoms with E-state index in [0.29, 0.717) is 6.42 Å². The van der Waals surface area contributed by atoms with Crippen molar-refractivity contribution in [2.75, 3.05) is 6.16 Å². The van der Waals surface area contributed by atoms with E-state index in [9.17, 15) is 4.79 Å². The first kappa shape index (κ1) is 10.3. The molecule has 0 radical (unpaired) electrons. The van der Waals surface area contributed by atoms with Crippen molar-refractivity contribution in [2.24, 2.45) is 5.92 Å². The van der Waals surface area contributed by atoms with Crippen molar-refractivity contribution in [3.8, 4) is 0 Å². The Hall–Kier alpha value is 0.340. The molecule has 5 heteroatoms. The highest BCUT2D eigenvalue weighted by Gasteiger charge is 2.14. The van der Waals surface area contributed by atoms with Gasteiger partial charge < -0.3 is 5.11 Å². The van der Waals surface area contributed by atoms with Gasteiger partial charge in [-0.15, -0.1) is 0 Å². The minimum absolute atomic E-state index is 0.278. The Morgan fingerprint density at radius 3 is 2.70 bits per heavy atom. The summed E-state index contributed by atoms with van der Waals surface area (Å²) in [5.41, 5.74) is 0. The maximum Gasteiger partial charge on any atom is 0.306 e. The van der Waals surface area contributed by atoms with Crippen molar-refractivity contribution in [3.05, 3.63) is 0 Å². The number of rotatable bonds is 4. The number of hydrogen-bond donors (Lipinski definition) is 2. The fraction of sp³-hybridized carbons (Fsp3) is 0.800. The SMILES string of the molecule is CC(CC[P+](=S)S)C(=O)O. The second-order valence-electron chi connectivity index (χ2n) is 2.10. The van der Waals surface area contributed by atoms with Crippen LogP contribution in [0.25, 0.3) is 0 Å². The number of aliphatic carboxylic acids is 1. The van der Waals surface area contributed by atoms with Gasteiger partial charge in [0.1, 0.15) is 6.16 Å². The largest absolute Gasteiger partial charge is 0.481 e. The lowest BCUT2D eigenvalue weighted by Gasteiger charge is -1.98. The Bertz CT molecular complexity index is 149. The quantitative estimate of drug-likeness (QED) is 0.534. The van der Waals surface area contributed by atoms with Crippen LogP contribution < -0.4 is 0 Å². The molecular weight excluding hydrogens is 187 g/mol. The van der Waals surface area contributed by atoms with Crippen LogP contribution in [-0.4, -0.2) is 17.2 Å². The maximum absolute atomic E-state index is 10.3. The average molecular weight is 197 g/mol. The van der Waals surface area contributed by atoms with E-state index in [1.165, 1.54) is 0 Å². The molecule has 0 spiro atoms. The van der Waals surface area contributed by atoms with Gasteiger partial charge in [-0.25, -0.2) is 0 Å². The third-order valence-corrected chi connectivity index (χ3v) is 2.96. The molecule has 0 saturated carbocycles.